The van der Waals surface area contributed by atoms with Crippen molar-refractivity contribution < 1.29 is 6.22 Å². The van der Waals surface area contributed by atoms with Crippen LogP contribution in [0.3, 0.4) is 0 Å². The molecule has 0 saturated heterocycles. The first kappa shape index (κ1) is 17.9. The minimum atomic E-state index is -0.103. The molecule has 1 N–H and O–H groups in total. The summed E-state index contributed by atoms with van der Waals surface area (Å²) in [7, 11) is 3.96. The number of amides is 1. The van der Waals surface area contributed by atoms with Crippen molar-refractivity contribution in [2.75, 3.05) is 18.9 Å². The van der Waals surface area contributed by atoms with Gasteiger partial charge in [-0.1, -0.05) is 25.5 Å². The third-order valence-electron chi connectivity index (χ3n) is 5.91. The van der Waals surface area contributed by atoms with Crippen LogP contribution in [0.2, 0.25) is 0 Å². The van der Waals surface area contributed by atoms with Crippen molar-refractivity contribution in [1.82, 2.24) is 19.7 Å². The van der Waals surface area contributed by atoms with Crippen LogP contribution in [-0.2, 0) is 17.3 Å². The van der Waals surface area contributed by atoms with E-state index in [-0.39, 0.29) is 12.7 Å². The second-order valence-electron chi connectivity index (χ2n) is 8.12. The van der Waals surface area contributed by atoms with Crippen molar-refractivity contribution >= 4 is 23.9 Å². The highest BCUT2D eigenvalue weighted by atomic mass is 16.2. The lowest BCUT2D eigenvalue weighted by molar-refractivity contribution is -0.117. The molecule has 2 aromatic rings. The molecule has 1 amide bonds. The van der Waals surface area contributed by atoms with Gasteiger partial charge in [-0.05, 0) is 42.8 Å². The number of nitrogens with one attached hydrogen (secondary N) is 1. The number of carbonyl (C=O) groups is 1. The van der Waals surface area contributed by atoms with Crippen molar-refractivity contribution in [3.05, 3.63) is 40.7 Å². The maximum atomic E-state index is 12.4. The Morgan fingerprint density at radius 2 is 2.22 bits per heavy atom. The number of hydrogen-bond acceptors (Lipinski definition) is 4. The Balaban J connectivity index is 0.00000225. The van der Waals surface area contributed by atoms with Crippen LogP contribution in [0.1, 0.15) is 39.6 Å². The second kappa shape index (κ2) is 6.93. The molecule has 1 unspecified atom stereocenters. The SMILES string of the molecule is CN(CC(=O)Nc1cc2c(cn1)=CCC(C)(c1cnn(C)c1)C=2)C1CCC1.[HH]. The Kier molecular flexibility index (Phi) is 4.60. The van der Waals surface area contributed by atoms with E-state index >= 15 is 0 Å². The molecular weight excluding hydrogens is 338 g/mol. The Labute approximate surface area is 161 Å². The molecule has 1 atom stereocenters. The third-order valence-corrected chi connectivity index (χ3v) is 5.91. The van der Waals surface area contributed by atoms with Crippen molar-refractivity contribution in [3.8, 4) is 0 Å². The van der Waals surface area contributed by atoms with Gasteiger partial charge in [-0.25, -0.2) is 4.98 Å². The molecule has 2 heterocycles. The van der Waals surface area contributed by atoms with E-state index in [0.29, 0.717) is 18.4 Å². The second-order valence-corrected chi connectivity index (χ2v) is 8.12. The lowest BCUT2D eigenvalue weighted by atomic mass is 9.78. The molecule has 27 heavy (non-hydrogen) atoms. The first-order valence-electron chi connectivity index (χ1n) is 9.61. The monoisotopic (exact) mass is 367 g/mol. The fourth-order valence-electron chi connectivity index (χ4n) is 3.85. The average Bonchev–Trinajstić information content (AvgIpc) is 3.00. The number of pyridine rings is 1. The summed E-state index contributed by atoms with van der Waals surface area (Å²) in [6.45, 7) is 2.63. The Morgan fingerprint density at radius 3 is 2.89 bits per heavy atom. The average molecular weight is 367 g/mol. The molecule has 2 aromatic heterocycles. The maximum absolute atomic E-state index is 12.4. The van der Waals surface area contributed by atoms with E-state index < -0.39 is 0 Å². The van der Waals surface area contributed by atoms with Crippen molar-refractivity contribution in [3.63, 3.8) is 0 Å². The van der Waals surface area contributed by atoms with Gasteiger partial charge in [0.1, 0.15) is 5.82 Å². The summed E-state index contributed by atoms with van der Waals surface area (Å²) in [6.07, 6.45) is 14.9. The highest BCUT2D eigenvalue weighted by molar-refractivity contribution is 5.91. The molecule has 6 heteroatoms. The first-order valence-corrected chi connectivity index (χ1v) is 9.61. The minimum absolute atomic E-state index is 0. The topological polar surface area (TPSA) is 63.1 Å². The van der Waals surface area contributed by atoms with Crippen molar-refractivity contribution in [1.29, 1.82) is 0 Å². The van der Waals surface area contributed by atoms with Crippen molar-refractivity contribution in [2.45, 2.75) is 44.1 Å². The van der Waals surface area contributed by atoms with E-state index in [1.807, 2.05) is 37.2 Å². The third kappa shape index (κ3) is 3.67. The van der Waals surface area contributed by atoms with Crippen LogP contribution in [0.5, 0.6) is 0 Å². The Bertz CT molecular complexity index is 981. The highest BCUT2D eigenvalue weighted by Gasteiger charge is 2.26. The molecule has 2 aliphatic carbocycles. The molecule has 6 nitrogen and oxygen atoms in total. The van der Waals surface area contributed by atoms with Gasteiger partial charge in [-0.15, -0.1) is 0 Å². The number of rotatable bonds is 5. The number of hydrogen-bond donors (Lipinski definition) is 1. The van der Waals surface area contributed by atoms with Crippen LogP contribution < -0.4 is 15.8 Å². The number of nitrogens with zero attached hydrogens (tertiary/aromatic N) is 4. The quantitative estimate of drug-likeness (QED) is 0.868. The Hall–Kier alpha value is -2.47. The smallest absolute Gasteiger partial charge is 0.239 e. The molecule has 4 rings (SSSR count). The molecule has 2 aliphatic rings. The molecule has 0 aliphatic heterocycles. The number of aryl methyl sites for hydroxylation is 1. The molecular formula is C21H29N5O. The lowest BCUT2D eigenvalue weighted by Crippen LogP contribution is -2.42. The fraction of sp³-hybridized carbons (Fsp3) is 0.476. The number of aromatic nitrogens is 3. The fourth-order valence-corrected chi connectivity index (χ4v) is 3.85. The summed E-state index contributed by atoms with van der Waals surface area (Å²) in [4.78, 5) is 18.9. The van der Waals surface area contributed by atoms with Crippen LogP contribution in [0.4, 0.5) is 5.82 Å². The molecule has 144 valence electrons. The summed E-state index contributed by atoms with van der Waals surface area (Å²) in [5, 5.41) is 9.48. The van der Waals surface area contributed by atoms with Gasteiger partial charge in [0, 0.05) is 37.9 Å². The molecule has 1 fully saturated rings. The molecule has 0 spiro atoms. The van der Waals surface area contributed by atoms with E-state index in [9.17, 15) is 4.79 Å². The van der Waals surface area contributed by atoms with Crippen molar-refractivity contribution in [2.24, 2.45) is 7.05 Å². The zero-order valence-corrected chi connectivity index (χ0v) is 16.3. The van der Waals surface area contributed by atoms with Gasteiger partial charge in [-0.3, -0.25) is 14.4 Å². The molecule has 0 bridgehead atoms. The largest absolute Gasteiger partial charge is 0.310 e. The zero-order valence-electron chi connectivity index (χ0n) is 16.3. The van der Waals surface area contributed by atoms with Gasteiger partial charge < -0.3 is 5.32 Å². The number of anilines is 1. The number of fused-ring (bicyclic) bond motifs is 1. The number of likely N-dealkylation sites (N-methyl/N-ethyl adjacent to an activating group) is 1. The molecule has 0 radical (unpaired) electrons. The van der Waals surface area contributed by atoms with Gasteiger partial charge in [0.15, 0.2) is 0 Å². The van der Waals surface area contributed by atoms with Gasteiger partial charge in [0.25, 0.3) is 0 Å². The van der Waals surface area contributed by atoms with E-state index in [1.54, 1.807) is 0 Å². The van der Waals surface area contributed by atoms with Gasteiger partial charge >= 0.3 is 0 Å². The van der Waals surface area contributed by atoms with Crippen LogP contribution in [0.15, 0.2) is 24.7 Å². The van der Waals surface area contributed by atoms with E-state index in [2.05, 4.69) is 45.6 Å². The lowest BCUT2D eigenvalue weighted by Gasteiger charge is -2.34. The van der Waals surface area contributed by atoms with Crippen LogP contribution in [0.25, 0.3) is 12.2 Å². The van der Waals surface area contributed by atoms with E-state index in [1.165, 1.54) is 24.8 Å². The summed E-state index contributed by atoms with van der Waals surface area (Å²) in [5.74, 6) is 0.604. The van der Waals surface area contributed by atoms with E-state index in [4.69, 9.17) is 0 Å². The Morgan fingerprint density at radius 1 is 1.41 bits per heavy atom. The van der Waals surface area contributed by atoms with E-state index in [0.717, 1.165) is 16.9 Å². The summed E-state index contributed by atoms with van der Waals surface area (Å²) >= 11 is 0. The maximum Gasteiger partial charge on any atom is 0.239 e. The predicted octanol–water partition coefficient (Wildman–Crippen LogP) is 1.41. The molecule has 1 saturated carbocycles. The van der Waals surface area contributed by atoms with Crippen LogP contribution in [-0.4, -0.2) is 45.2 Å². The van der Waals surface area contributed by atoms with Gasteiger partial charge in [0.2, 0.25) is 5.91 Å². The zero-order chi connectivity index (χ0) is 19.0. The summed E-state index contributed by atoms with van der Waals surface area (Å²) < 4.78 is 1.83. The molecule has 0 aromatic carbocycles. The summed E-state index contributed by atoms with van der Waals surface area (Å²) in [5.41, 5.74) is 1.09. The normalized spacial score (nSPS) is 21.8. The van der Waals surface area contributed by atoms with Gasteiger partial charge in [-0.2, -0.15) is 5.10 Å². The number of carbonyl (C=O) groups excluding carboxylic acids is 1. The minimum Gasteiger partial charge on any atom is -0.310 e. The van der Waals surface area contributed by atoms with Crippen LogP contribution >= 0.6 is 0 Å². The predicted molar refractivity (Wildman–Crippen MR) is 109 cm³/mol. The highest BCUT2D eigenvalue weighted by Crippen LogP contribution is 2.30. The van der Waals surface area contributed by atoms with Crippen LogP contribution in [0, 0.1) is 0 Å². The summed E-state index contributed by atoms with van der Waals surface area (Å²) in [6, 6.07) is 2.52. The van der Waals surface area contributed by atoms with Gasteiger partial charge in [0.05, 0.1) is 12.7 Å². The first-order chi connectivity index (χ1) is 12.9. The standard InChI is InChI=1S/C21H27N5O.H2/c1-21(17-12-23-26(3)13-17)8-7-15-11-22-19(9-16(15)10-21)24-20(27)14-25(2)18-5-4-6-18;/h7,9-13,18H,4-6,8,14H2,1-3H3,(H,24,27);1H.